The van der Waals surface area contributed by atoms with E-state index in [0.717, 1.165) is 21.3 Å². The first kappa shape index (κ1) is 20.1. The predicted molar refractivity (Wildman–Crippen MR) is 93.3 cm³/mol. The molecule has 0 aliphatic rings. The molecule has 0 aromatic heterocycles. The molecule has 0 fully saturated rings. The van der Waals surface area contributed by atoms with Crippen LogP contribution in [0.5, 0.6) is 0 Å². The fourth-order valence-corrected chi connectivity index (χ4v) is 4.12. The topological polar surface area (TPSA) is 37.4 Å². The number of halogens is 4. The molecule has 2 aromatic carbocycles. The van der Waals surface area contributed by atoms with Gasteiger partial charge in [0.2, 0.25) is 10.0 Å². The van der Waals surface area contributed by atoms with Gasteiger partial charge >= 0.3 is 6.18 Å². The van der Waals surface area contributed by atoms with Crippen LogP contribution in [0.25, 0.3) is 0 Å². The van der Waals surface area contributed by atoms with Gasteiger partial charge in [-0.05, 0) is 42.2 Å². The van der Waals surface area contributed by atoms with Gasteiger partial charge < -0.3 is 0 Å². The summed E-state index contributed by atoms with van der Waals surface area (Å²) in [6, 6.07) is 9.76. The van der Waals surface area contributed by atoms with E-state index in [2.05, 4.69) is 0 Å². The Morgan fingerprint density at radius 3 is 2.24 bits per heavy atom. The minimum atomic E-state index is -4.83. The Bertz CT molecular complexity index is 853. The standard InChI is InChI=1S/C16H15ClF3NO2S2/c1-21(10-11-3-6-13(24-2)7-4-11)25(22,23)15-8-5-12(17)9-14(15)16(18,19)20/h3-9H,10H2,1-2H3. The van der Waals surface area contributed by atoms with E-state index in [9.17, 15) is 21.6 Å². The van der Waals surface area contributed by atoms with Crippen molar-refractivity contribution in [1.82, 2.24) is 4.31 Å². The molecule has 0 aliphatic carbocycles. The maximum atomic E-state index is 13.2. The fraction of sp³-hybridized carbons (Fsp3) is 0.250. The number of hydrogen-bond acceptors (Lipinski definition) is 3. The van der Waals surface area contributed by atoms with E-state index in [1.54, 1.807) is 12.1 Å². The summed E-state index contributed by atoms with van der Waals surface area (Å²) < 4.78 is 65.7. The van der Waals surface area contributed by atoms with Crippen molar-refractivity contribution in [3.8, 4) is 0 Å². The second-order valence-electron chi connectivity index (χ2n) is 5.25. The molecule has 0 radical (unpaired) electrons. The summed E-state index contributed by atoms with van der Waals surface area (Å²) in [4.78, 5) is 0.193. The van der Waals surface area contributed by atoms with Gasteiger partial charge in [0.25, 0.3) is 0 Å². The molecule has 2 rings (SSSR count). The van der Waals surface area contributed by atoms with Gasteiger partial charge in [0.15, 0.2) is 0 Å². The Kier molecular flexibility index (Phi) is 6.09. The van der Waals surface area contributed by atoms with Crippen LogP contribution in [-0.4, -0.2) is 26.0 Å². The first-order valence-corrected chi connectivity index (χ1v) is 10.1. The van der Waals surface area contributed by atoms with Crippen molar-refractivity contribution >= 4 is 33.4 Å². The van der Waals surface area contributed by atoms with E-state index in [-0.39, 0.29) is 11.6 Å². The zero-order valence-corrected chi connectivity index (χ0v) is 15.7. The molecule has 0 saturated carbocycles. The van der Waals surface area contributed by atoms with Crippen LogP contribution in [0.1, 0.15) is 11.1 Å². The van der Waals surface area contributed by atoms with Crippen molar-refractivity contribution in [2.75, 3.05) is 13.3 Å². The number of sulfonamides is 1. The molecule has 0 amide bonds. The third-order valence-electron chi connectivity index (χ3n) is 3.50. The Labute approximate surface area is 153 Å². The highest BCUT2D eigenvalue weighted by atomic mass is 35.5. The highest BCUT2D eigenvalue weighted by Crippen LogP contribution is 2.37. The number of thioether (sulfide) groups is 1. The summed E-state index contributed by atoms with van der Waals surface area (Å²) >= 11 is 7.14. The van der Waals surface area contributed by atoms with Gasteiger partial charge in [-0.15, -0.1) is 11.8 Å². The largest absolute Gasteiger partial charge is 0.417 e. The van der Waals surface area contributed by atoms with Gasteiger partial charge in [-0.25, -0.2) is 8.42 Å². The molecule has 3 nitrogen and oxygen atoms in total. The van der Waals surface area contributed by atoms with Crippen LogP contribution in [0.3, 0.4) is 0 Å². The smallest absolute Gasteiger partial charge is 0.207 e. The molecule has 0 unspecified atom stereocenters. The van der Waals surface area contributed by atoms with Crippen molar-refractivity contribution in [2.24, 2.45) is 0 Å². The molecule has 136 valence electrons. The second kappa shape index (κ2) is 7.57. The van der Waals surface area contributed by atoms with Crippen LogP contribution < -0.4 is 0 Å². The lowest BCUT2D eigenvalue weighted by Crippen LogP contribution is -2.28. The Morgan fingerprint density at radius 1 is 1.12 bits per heavy atom. The molecule has 25 heavy (non-hydrogen) atoms. The molecule has 0 spiro atoms. The van der Waals surface area contributed by atoms with Crippen molar-refractivity contribution in [1.29, 1.82) is 0 Å². The van der Waals surface area contributed by atoms with E-state index in [0.29, 0.717) is 11.6 Å². The average molecular weight is 410 g/mol. The maximum Gasteiger partial charge on any atom is 0.417 e. The molecule has 0 aliphatic heterocycles. The monoisotopic (exact) mass is 409 g/mol. The summed E-state index contributed by atoms with van der Waals surface area (Å²) in [6.07, 6.45) is -2.92. The average Bonchev–Trinajstić information content (AvgIpc) is 2.54. The third-order valence-corrected chi connectivity index (χ3v) is 6.34. The number of rotatable bonds is 5. The zero-order valence-electron chi connectivity index (χ0n) is 13.3. The highest BCUT2D eigenvalue weighted by Gasteiger charge is 2.38. The minimum Gasteiger partial charge on any atom is -0.207 e. The van der Waals surface area contributed by atoms with Gasteiger partial charge in [0.1, 0.15) is 0 Å². The van der Waals surface area contributed by atoms with E-state index in [4.69, 9.17) is 11.6 Å². The zero-order chi connectivity index (χ0) is 18.8. The van der Waals surface area contributed by atoms with Crippen molar-refractivity contribution < 1.29 is 21.6 Å². The quantitative estimate of drug-likeness (QED) is 0.659. The van der Waals surface area contributed by atoms with Crippen molar-refractivity contribution in [3.63, 3.8) is 0 Å². The van der Waals surface area contributed by atoms with E-state index in [1.165, 1.54) is 18.8 Å². The number of nitrogens with zero attached hydrogens (tertiary/aromatic N) is 1. The molecule has 0 atom stereocenters. The van der Waals surface area contributed by atoms with Crippen molar-refractivity contribution in [2.45, 2.75) is 22.5 Å². The predicted octanol–water partition coefficient (Wildman–Crippen LogP) is 4.90. The first-order chi connectivity index (χ1) is 11.6. The molecule has 0 heterocycles. The molecule has 0 bridgehead atoms. The van der Waals surface area contributed by atoms with Crippen molar-refractivity contribution in [3.05, 3.63) is 58.6 Å². The van der Waals surface area contributed by atoms with Gasteiger partial charge in [0, 0.05) is 23.5 Å². The van der Waals surface area contributed by atoms with E-state index in [1.807, 2.05) is 18.4 Å². The minimum absolute atomic E-state index is 0.0447. The van der Waals surface area contributed by atoms with Crippen LogP contribution in [0.2, 0.25) is 5.02 Å². The maximum absolute atomic E-state index is 13.2. The normalized spacial score (nSPS) is 12.6. The number of hydrogen-bond donors (Lipinski definition) is 0. The summed E-state index contributed by atoms with van der Waals surface area (Å²) in [5.74, 6) is 0. The van der Waals surface area contributed by atoms with Gasteiger partial charge in [-0.2, -0.15) is 17.5 Å². The molecule has 9 heteroatoms. The lowest BCUT2D eigenvalue weighted by molar-refractivity contribution is -0.139. The van der Waals surface area contributed by atoms with Crippen LogP contribution in [-0.2, 0) is 22.7 Å². The van der Waals surface area contributed by atoms with E-state index >= 15 is 0 Å². The van der Waals surface area contributed by atoms with Crippen LogP contribution in [0.15, 0.2) is 52.3 Å². The van der Waals surface area contributed by atoms with Gasteiger partial charge in [-0.3, -0.25) is 0 Å². The summed E-state index contributed by atoms with van der Waals surface area (Å²) in [6.45, 7) is -0.0447. The molecular weight excluding hydrogens is 395 g/mol. The van der Waals surface area contributed by atoms with Crippen LogP contribution >= 0.6 is 23.4 Å². The number of benzene rings is 2. The Balaban J connectivity index is 2.37. The molecular formula is C16H15ClF3NO2S2. The summed E-state index contributed by atoms with van der Waals surface area (Å²) in [5.41, 5.74) is -0.601. The third kappa shape index (κ3) is 4.69. The molecule has 0 N–H and O–H groups in total. The molecule has 2 aromatic rings. The molecule has 0 saturated heterocycles. The van der Waals surface area contributed by atoms with Crippen LogP contribution in [0, 0.1) is 0 Å². The summed E-state index contributed by atoms with van der Waals surface area (Å²) in [5, 5.41) is -0.179. The summed E-state index contributed by atoms with van der Waals surface area (Å²) in [7, 11) is -3.09. The van der Waals surface area contributed by atoms with E-state index < -0.39 is 26.7 Å². The van der Waals surface area contributed by atoms with Gasteiger partial charge in [-0.1, -0.05) is 23.7 Å². The number of alkyl halides is 3. The second-order valence-corrected chi connectivity index (χ2v) is 8.58. The SMILES string of the molecule is CSc1ccc(CN(C)S(=O)(=O)c2ccc(Cl)cc2C(F)(F)F)cc1. The Morgan fingerprint density at radius 2 is 1.72 bits per heavy atom. The lowest BCUT2D eigenvalue weighted by Gasteiger charge is -2.20. The highest BCUT2D eigenvalue weighted by molar-refractivity contribution is 7.98. The lowest BCUT2D eigenvalue weighted by atomic mass is 10.2. The first-order valence-electron chi connectivity index (χ1n) is 7.01. The van der Waals surface area contributed by atoms with Gasteiger partial charge in [0.05, 0.1) is 10.5 Å². The fourth-order valence-electron chi connectivity index (χ4n) is 2.19. The Hall–Kier alpha value is -1.22. The van der Waals surface area contributed by atoms with Crippen LogP contribution in [0.4, 0.5) is 13.2 Å².